The van der Waals surface area contributed by atoms with Crippen LogP contribution in [0, 0.1) is 6.92 Å². The monoisotopic (exact) mass is 339 g/mol. The second-order valence-electron chi connectivity index (χ2n) is 6.18. The standard InChI is InChI=1S/C18H17N3O2S/c1-11-3-2-4-13(7-11)15-10-24-16(20-15)9-21-17(12-5-6-12)14(8-19-21)18(22)23/h2-4,7-8,10,12H,5-6,9H2,1H3,(H,22,23). The number of benzene rings is 1. The summed E-state index contributed by atoms with van der Waals surface area (Å²) in [6.07, 6.45) is 3.54. The summed E-state index contributed by atoms with van der Waals surface area (Å²) in [6.45, 7) is 2.59. The minimum absolute atomic E-state index is 0.327. The first-order valence-electron chi connectivity index (χ1n) is 7.92. The molecule has 0 spiro atoms. The number of aromatic nitrogens is 3. The Bertz CT molecular complexity index is 909. The molecule has 0 unspecified atom stereocenters. The predicted octanol–water partition coefficient (Wildman–Crippen LogP) is 3.94. The number of thiazole rings is 1. The molecule has 24 heavy (non-hydrogen) atoms. The van der Waals surface area contributed by atoms with Gasteiger partial charge in [0.05, 0.1) is 24.1 Å². The van der Waals surface area contributed by atoms with Crippen molar-refractivity contribution in [2.45, 2.75) is 32.2 Å². The highest BCUT2D eigenvalue weighted by Gasteiger charge is 2.32. The molecule has 1 aliphatic carbocycles. The zero-order valence-electron chi connectivity index (χ0n) is 13.3. The van der Waals surface area contributed by atoms with Gasteiger partial charge in [0.25, 0.3) is 0 Å². The van der Waals surface area contributed by atoms with Gasteiger partial charge in [-0.2, -0.15) is 5.10 Å². The highest BCUT2D eigenvalue weighted by molar-refractivity contribution is 7.09. The van der Waals surface area contributed by atoms with Crippen LogP contribution >= 0.6 is 11.3 Å². The highest BCUT2D eigenvalue weighted by atomic mass is 32.1. The molecule has 1 N–H and O–H groups in total. The van der Waals surface area contributed by atoms with E-state index in [9.17, 15) is 9.90 Å². The van der Waals surface area contributed by atoms with E-state index < -0.39 is 5.97 Å². The number of hydrogen-bond acceptors (Lipinski definition) is 4. The fourth-order valence-corrected chi connectivity index (χ4v) is 3.71. The fourth-order valence-electron chi connectivity index (χ4n) is 2.92. The lowest BCUT2D eigenvalue weighted by atomic mass is 10.1. The number of rotatable bonds is 5. The van der Waals surface area contributed by atoms with Crippen molar-refractivity contribution in [1.29, 1.82) is 0 Å². The topological polar surface area (TPSA) is 68.0 Å². The molecule has 4 rings (SSSR count). The van der Waals surface area contributed by atoms with Crippen LogP contribution in [0.3, 0.4) is 0 Å². The van der Waals surface area contributed by atoms with E-state index in [1.807, 2.05) is 11.4 Å². The van der Waals surface area contributed by atoms with Crippen molar-refractivity contribution < 1.29 is 9.90 Å². The Kier molecular flexibility index (Phi) is 3.69. The molecule has 6 heteroatoms. The Hall–Kier alpha value is -2.47. The third-order valence-corrected chi connectivity index (χ3v) is 5.06. The predicted molar refractivity (Wildman–Crippen MR) is 92.6 cm³/mol. The van der Waals surface area contributed by atoms with Crippen LogP contribution in [0.2, 0.25) is 0 Å². The van der Waals surface area contributed by atoms with E-state index in [1.165, 1.54) is 11.8 Å². The van der Waals surface area contributed by atoms with Crippen LogP contribution in [0.1, 0.15) is 45.4 Å². The van der Waals surface area contributed by atoms with Gasteiger partial charge in [-0.3, -0.25) is 4.68 Å². The molecule has 5 nitrogen and oxygen atoms in total. The van der Waals surface area contributed by atoms with E-state index in [1.54, 1.807) is 16.0 Å². The summed E-state index contributed by atoms with van der Waals surface area (Å²) in [4.78, 5) is 16.1. The minimum Gasteiger partial charge on any atom is -0.478 e. The molecule has 1 aliphatic rings. The quantitative estimate of drug-likeness (QED) is 0.764. The third kappa shape index (κ3) is 2.85. The van der Waals surface area contributed by atoms with Crippen molar-refractivity contribution >= 4 is 17.3 Å². The average molecular weight is 339 g/mol. The lowest BCUT2D eigenvalue weighted by Gasteiger charge is -2.05. The van der Waals surface area contributed by atoms with Crippen LogP contribution in [-0.4, -0.2) is 25.8 Å². The van der Waals surface area contributed by atoms with Crippen molar-refractivity contribution in [2.75, 3.05) is 0 Å². The lowest BCUT2D eigenvalue weighted by Crippen LogP contribution is -2.08. The van der Waals surface area contributed by atoms with E-state index >= 15 is 0 Å². The van der Waals surface area contributed by atoms with E-state index in [4.69, 9.17) is 4.98 Å². The number of carbonyl (C=O) groups is 1. The van der Waals surface area contributed by atoms with Crippen molar-refractivity contribution in [3.05, 3.63) is 57.7 Å². The summed E-state index contributed by atoms with van der Waals surface area (Å²) in [5.41, 5.74) is 4.43. The van der Waals surface area contributed by atoms with Gasteiger partial charge in [0.15, 0.2) is 0 Å². The van der Waals surface area contributed by atoms with Gasteiger partial charge < -0.3 is 5.11 Å². The summed E-state index contributed by atoms with van der Waals surface area (Å²) >= 11 is 1.58. The van der Waals surface area contributed by atoms with Gasteiger partial charge in [0.2, 0.25) is 0 Å². The van der Waals surface area contributed by atoms with Gasteiger partial charge in [-0.15, -0.1) is 11.3 Å². The molecule has 0 radical (unpaired) electrons. The zero-order chi connectivity index (χ0) is 16.7. The fraction of sp³-hybridized carbons (Fsp3) is 0.278. The number of carboxylic acid groups (broad SMARTS) is 1. The van der Waals surface area contributed by atoms with Gasteiger partial charge in [0.1, 0.15) is 10.6 Å². The summed E-state index contributed by atoms with van der Waals surface area (Å²) < 4.78 is 1.81. The van der Waals surface area contributed by atoms with Crippen molar-refractivity contribution in [3.8, 4) is 11.3 Å². The second kappa shape index (κ2) is 5.87. The van der Waals surface area contributed by atoms with E-state index in [-0.39, 0.29) is 0 Å². The summed E-state index contributed by atoms with van der Waals surface area (Å²) in [5, 5.41) is 16.6. The van der Waals surface area contributed by atoms with Gasteiger partial charge in [-0.1, -0.05) is 23.8 Å². The number of aryl methyl sites for hydroxylation is 1. The summed E-state index contributed by atoms with van der Waals surface area (Å²) in [7, 11) is 0. The van der Waals surface area contributed by atoms with Gasteiger partial charge >= 0.3 is 5.97 Å². The number of carboxylic acids is 1. The smallest absolute Gasteiger partial charge is 0.339 e. The highest BCUT2D eigenvalue weighted by Crippen LogP contribution is 2.42. The molecular formula is C18H17N3O2S. The zero-order valence-corrected chi connectivity index (χ0v) is 14.1. The summed E-state index contributed by atoms with van der Waals surface area (Å²) in [6, 6.07) is 8.26. The maximum Gasteiger partial charge on any atom is 0.339 e. The molecule has 0 amide bonds. The first-order chi connectivity index (χ1) is 11.6. The molecule has 1 saturated carbocycles. The number of hydrogen-bond donors (Lipinski definition) is 1. The van der Waals surface area contributed by atoms with Crippen molar-refractivity contribution in [3.63, 3.8) is 0 Å². The Morgan fingerprint density at radius 2 is 2.25 bits per heavy atom. The molecule has 0 aliphatic heterocycles. The van der Waals surface area contributed by atoms with Crippen LogP contribution in [0.4, 0.5) is 0 Å². The lowest BCUT2D eigenvalue weighted by molar-refractivity contribution is 0.0695. The number of aromatic carboxylic acids is 1. The molecule has 1 aromatic carbocycles. The van der Waals surface area contributed by atoms with E-state index in [0.29, 0.717) is 18.0 Å². The minimum atomic E-state index is -0.900. The molecular weight excluding hydrogens is 322 g/mol. The van der Waals surface area contributed by atoms with E-state index in [0.717, 1.165) is 34.8 Å². The molecule has 2 aromatic heterocycles. The Morgan fingerprint density at radius 3 is 2.96 bits per heavy atom. The summed E-state index contributed by atoms with van der Waals surface area (Å²) in [5.74, 6) is -0.572. The maximum atomic E-state index is 11.4. The Labute approximate surface area is 143 Å². The number of nitrogens with zero attached hydrogens (tertiary/aromatic N) is 3. The van der Waals surface area contributed by atoms with Crippen LogP contribution in [0.5, 0.6) is 0 Å². The molecule has 0 bridgehead atoms. The van der Waals surface area contributed by atoms with Gasteiger partial charge in [-0.05, 0) is 25.8 Å². The van der Waals surface area contributed by atoms with Gasteiger partial charge in [-0.25, -0.2) is 9.78 Å². The van der Waals surface area contributed by atoms with Crippen LogP contribution in [0.15, 0.2) is 35.8 Å². The largest absolute Gasteiger partial charge is 0.478 e. The Balaban J connectivity index is 1.62. The third-order valence-electron chi connectivity index (χ3n) is 4.23. The van der Waals surface area contributed by atoms with Gasteiger partial charge in [0, 0.05) is 16.9 Å². The van der Waals surface area contributed by atoms with Crippen molar-refractivity contribution in [1.82, 2.24) is 14.8 Å². The SMILES string of the molecule is Cc1cccc(-c2csc(Cn3ncc(C(=O)O)c3C3CC3)n2)c1. The maximum absolute atomic E-state index is 11.4. The van der Waals surface area contributed by atoms with Crippen molar-refractivity contribution in [2.24, 2.45) is 0 Å². The molecule has 2 heterocycles. The van der Waals surface area contributed by atoms with E-state index in [2.05, 4.69) is 30.2 Å². The Morgan fingerprint density at radius 1 is 1.42 bits per heavy atom. The van der Waals surface area contributed by atoms with Crippen LogP contribution in [0.25, 0.3) is 11.3 Å². The normalized spacial score (nSPS) is 14.0. The first kappa shape index (κ1) is 15.1. The second-order valence-corrected chi connectivity index (χ2v) is 7.12. The molecule has 0 atom stereocenters. The molecule has 122 valence electrons. The molecule has 1 fully saturated rings. The van der Waals surface area contributed by atoms with Crippen LogP contribution in [-0.2, 0) is 6.54 Å². The first-order valence-corrected chi connectivity index (χ1v) is 8.80. The molecule has 0 saturated heterocycles. The average Bonchev–Trinajstić information content (AvgIpc) is 3.13. The molecule has 3 aromatic rings. The van der Waals surface area contributed by atoms with Crippen LogP contribution < -0.4 is 0 Å².